The molecule has 0 unspecified atom stereocenters. The van der Waals surface area contributed by atoms with Crippen LogP contribution in [0.5, 0.6) is 0 Å². The summed E-state index contributed by atoms with van der Waals surface area (Å²) in [7, 11) is 0. The SMILES string of the molecule is N#CCC(=O)CCCC(=O)O. The number of Topliss-reactive ketones (excluding diaryl/α,β-unsaturated/α-hetero) is 1. The summed E-state index contributed by atoms with van der Waals surface area (Å²) in [5.74, 6) is -1.09. The lowest BCUT2D eigenvalue weighted by atomic mass is 10.1. The summed E-state index contributed by atoms with van der Waals surface area (Å²) in [6, 6.07) is 1.71. The molecule has 4 heteroatoms. The average Bonchev–Trinajstić information content (AvgIpc) is 1.87. The molecule has 4 nitrogen and oxygen atoms in total. The lowest BCUT2D eigenvalue weighted by Gasteiger charge is -1.92. The Kier molecular flexibility index (Phi) is 4.74. The molecule has 0 aliphatic rings. The quantitative estimate of drug-likeness (QED) is 0.634. The van der Waals surface area contributed by atoms with Crippen LogP contribution < -0.4 is 0 Å². The Labute approximate surface area is 64.4 Å². The highest BCUT2D eigenvalue weighted by Crippen LogP contribution is 1.98. The number of carbonyl (C=O) groups excluding carboxylic acids is 1. The molecule has 1 N–H and O–H groups in total. The number of carboxylic acid groups (broad SMARTS) is 1. The topological polar surface area (TPSA) is 78.2 Å². The van der Waals surface area contributed by atoms with E-state index in [-0.39, 0.29) is 25.0 Å². The zero-order valence-electron chi connectivity index (χ0n) is 6.04. The van der Waals surface area contributed by atoms with Crippen LogP contribution in [0.2, 0.25) is 0 Å². The van der Waals surface area contributed by atoms with E-state index in [9.17, 15) is 9.59 Å². The van der Waals surface area contributed by atoms with Gasteiger partial charge in [0.2, 0.25) is 0 Å². The van der Waals surface area contributed by atoms with E-state index in [0.717, 1.165) is 0 Å². The van der Waals surface area contributed by atoms with Gasteiger partial charge >= 0.3 is 5.97 Å². The fourth-order valence-corrected chi connectivity index (χ4v) is 0.613. The minimum atomic E-state index is -0.908. The number of nitrogens with zero attached hydrogens (tertiary/aromatic N) is 1. The van der Waals surface area contributed by atoms with Gasteiger partial charge in [0, 0.05) is 12.8 Å². The Balaban J connectivity index is 3.33. The van der Waals surface area contributed by atoms with Crippen LogP contribution in [-0.2, 0) is 9.59 Å². The summed E-state index contributed by atoms with van der Waals surface area (Å²) >= 11 is 0. The van der Waals surface area contributed by atoms with Crippen LogP contribution in [0.15, 0.2) is 0 Å². The number of ketones is 1. The van der Waals surface area contributed by atoms with Crippen molar-refractivity contribution in [2.45, 2.75) is 25.7 Å². The molecule has 0 aliphatic heterocycles. The predicted octanol–water partition coefficient (Wildman–Crippen LogP) is 0.724. The Hall–Kier alpha value is -1.37. The van der Waals surface area contributed by atoms with E-state index >= 15 is 0 Å². The molecule has 0 saturated heterocycles. The number of carboxylic acids is 1. The van der Waals surface area contributed by atoms with Crippen LogP contribution in [-0.4, -0.2) is 16.9 Å². The number of carbonyl (C=O) groups is 2. The minimum absolute atomic E-state index is 0.00281. The van der Waals surface area contributed by atoms with Crippen molar-refractivity contribution in [1.82, 2.24) is 0 Å². The molecule has 0 rings (SSSR count). The average molecular weight is 155 g/mol. The first-order chi connectivity index (χ1) is 5.16. The number of aliphatic carboxylic acids is 1. The normalized spacial score (nSPS) is 8.64. The second-order valence-corrected chi connectivity index (χ2v) is 2.12. The molecule has 0 bridgehead atoms. The first-order valence-corrected chi connectivity index (χ1v) is 3.27. The van der Waals surface area contributed by atoms with E-state index in [1.807, 2.05) is 0 Å². The largest absolute Gasteiger partial charge is 0.481 e. The van der Waals surface area contributed by atoms with Crippen LogP contribution >= 0.6 is 0 Å². The highest BCUT2D eigenvalue weighted by atomic mass is 16.4. The maximum absolute atomic E-state index is 10.6. The molecular weight excluding hydrogens is 146 g/mol. The van der Waals surface area contributed by atoms with Gasteiger partial charge in [-0.1, -0.05) is 0 Å². The minimum Gasteiger partial charge on any atom is -0.481 e. The second-order valence-electron chi connectivity index (χ2n) is 2.12. The van der Waals surface area contributed by atoms with Crippen molar-refractivity contribution in [2.75, 3.05) is 0 Å². The Bertz CT molecular complexity index is 192. The molecule has 0 saturated carbocycles. The summed E-state index contributed by atoms with van der Waals surface area (Å²) in [6.45, 7) is 0. The molecule has 0 heterocycles. The van der Waals surface area contributed by atoms with Gasteiger partial charge in [-0.25, -0.2) is 0 Å². The Morgan fingerprint density at radius 2 is 2.00 bits per heavy atom. The van der Waals surface area contributed by atoms with Gasteiger partial charge in [0.1, 0.15) is 5.78 Å². The zero-order chi connectivity index (χ0) is 8.69. The van der Waals surface area contributed by atoms with Gasteiger partial charge in [-0.3, -0.25) is 9.59 Å². The lowest BCUT2D eigenvalue weighted by molar-refractivity contribution is -0.137. The molecule has 0 aliphatic carbocycles. The van der Waals surface area contributed by atoms with E-state index in [0.29, 0.717) is 6.42 Å². The van der Waals surface area contributed by atoms with E-state index in [1.54, 1.807) is 6.07 Å². The highest BCUT2D eigenvalue weighted by Gasteiger charge is 2.02. The smallest absolute Gasteiger partial charge is 0.303 e. The molecule has 0 radical (unpaired) electrons. The van der Waals surface area contributed by atoms with Crippen molar-refractivity contribution >= 4 is 11.8 Å². The summed E-state index contributed by atoms with van der Waals surface area (Å²) in [5, 5.41) is 16.2. The number of hydrogen-bond donors (Lipinski definition) is 1. The van der Waals surface area contributed by atoms with Gasteiger partial charge in [0.15, 0.2) is 0 Å². The molecule has 0 aromatic rings. The van der Waals surface area contributed by atoms with Gasteiger partial charge in [0.25, 0.3) is 0 Å². The van der Waals surface area contributed by atoms with E-state index in [4.69, 9.17) is 10.4 Å². The molecule has 0 spiro atoms. The van der Waals surface area contributed by atoms with E-state index in [2.05, 4.69) is 0 Å². The van der Waals surface area contributed by atoms with Crippen LogP contribution in [0.3, 0.4) is 0 Å². The first-order valence-electron chi connectivity index (χ1n) is 3.27. The van der Waals surface area contributed by atoms with Gasteiger partial charge in [-0.2, -0.15) is 5.26 Å². The van der Waals surface area contributed by atoms with E-state index < -0.39 is 5.97 Å². The van der Waals surface area contributed by atoms with Crippen LogP contribution in [0.4, 0.5) is 0 Å². The molecule has 11 heavy (non-hydrogen) atoms. The van der Waals surface area contributed by atoms with Gasteiger partial charge in [0.05, 0.1) is 12.5 Å². The zero-order valence-corrected chi connectivity index (χ0v) is 6.04. The fraction of sp³-hybridized carbons (Fsp3) is 0.571. The number of nitriles is 1. The molecule has 0 aromatic carbocycles. The third-order valence-electron chi connectivity index (χ3n) is 1.12. The summed E-state index contributed by atoms with van der Waals surface area (Å²) in [4.78, 5) is 20.6. The first kappa shape index (κ1) is 9.63. The summed E-state index contributed by atoms with van der Waals surface area (Å²) in [5.41, 5.74) is 0. The van der Waals surface area contributed by atoms with Crippen LogP contribution in [0, 0.1) is 11.3 Å². The highest BCUT2D eigenvalue weighted by molar-refractivity contribution is 5.80. The standard InChI is InChI=1S/C7H9NO3/c8-5-4-6(9)2-1-3-7(10)11/h1-4H2,(H,10,11). The lowest BCUT2D eigenvalue weighted by Crippen LogP contribution is -1.99. The predicted molar refractivity (Wildman–Crippen MR) is 36.7 cm³/mol. The third kappa shape index (κ3) is 6.52. The van der Waals surface area contributed by atoms with Crippen molar-refractivity contribution in [1.29, 1.82) is 5.26 Å². The molecule has 60 valence electrons. The second kappa shape index (κ2) is 5.42. The Morgan fingerprint density at radius 3 is 2.45 bits per heavy atom. The maximum atomic E-state index is 10.6. The van der Waals surface area contributed by atoms with Gasteiger partial charge in [-0.15, -0.1) is 0 Å². The Morgan fingerprint density at radius 1 is 1.36 bits per heavy atom. The monoisotopic (exact) mass is 155 g/mol. The third-order valence-corrected chi connectivity index (χ3v) is 1.12. The maximum Gasteiger partial charge on any atom is 0.303 e. The molecule has 0 fully saturated rings. The van der Waals surface area contributed by atoms with Crippen LogP contribution in [0.1, 0.15) is 25.7 Å². The van der Waals surface area contributed by atoms with E-state index in [1.165, 1.54) is 0 Å². The summed E-state index contributed by atoms with van der Waals surface area (Å²) < 4.78 is 0. The van der Waals surface area contributed by atoms with Crippen LogP contribution in [0.25, 0.3) is 0 Å². The molecule has 0 aromatic heterocycles. The van der Waals surface area contributed by atoms with Crippen molar-refractivity contribution in [2.24, 2.45) is 0 Å². The molecular formula is C7H9NO3. The summed E-state index contributed by atoms with van der Waals surface area (Å²) in [6.07, 6.45) is 0.409. The van der Waals surface area contributed by atoms with Crippen molar-refractivity contribution in [3.63, 3.8) is 0 Å². The number of hydrogen-bond acceptors (Lipinski definition) is 3. The number of rotatable bonds is 5. The fourth-order valence-electron chi connectivity index (χ4n) is 0.613. The molecule has 0 amide bonds. The van der Waals surface area contributed by atoms with Crippen molar-refractivity contribution in [3.05, 3.63) is 0 Å². The van der Waals surface area contributed by atoms with Crippen molar-refractivity contribution in [3.8, 4) is 6.07 Å². The molecule has 0 atom stereocenters. The van der Waals surface area contributed by atoms with Gasteiger partial charge < -0.3 is 5.11 Å². The van der Waals surface area contributed by atoms with Gasteiger partial charge in [-0.05, 0) is 6.42 Å². The van der Waals surface area contributed by atoms with Crippen molar-refractivity contribution < 1.29 is 14.7 Å².